The molecular weight excluding hydrogens is 253 g/mol. The lowest BCUT2D eigenvalue weighted by Gasteiger charge is -2.09. The first-order valence-corrected chi connectivity index (χ1v) is 6.09. The van der Waals surface area contributed by atoms with Crippen molar-refractivity contribution < 1.29 is 9.18 Å². The highest BCUT2D eigenvalue weighted by atomic mass is 32.1. The van der Waals surface area contributed by atoms with Gasteiger partial charge in [-0.3, -0.25) is 4.79 Å². The van der Waals surface area contributed by atoms with Gasteiger partial charge < -0.3 is 16.0 Å². The molecule has 0 aromatic heterocycles. The Morgan fingerprint density at radius 2 is 1.78 bits per heavy atom. The van der Waals surface area contributed by atoms with Crippen LogP contribution in [0, 0.1) is 5.82 Å². The number of hydrogen-bond acceptors (Lipinski definition) is 2. The Labute approximate surface area is 111 Å². The lowest BCUT2D eigenvalue weighted by atomic mass is 10.2. The van der Waals surface area contributed by atoms with Crippen molar-refractivity contribution in [1.82, 2.24) is 16.0 Å². The van der Waals surface area contributed by atoms with Crippen LogP contribution in [0.5, 0.6) is 0 Å². The molecule has 0 atom stereocenters. The number of amides is 1. The van der Waals surface area contributed by atoms with Crippen LogP contribution >= 0.6 is 12.2 Å². The SMILES string of the molecule is CCNC(=S)NCCNC(=O)c1ccc(F)cc1. The maximum atomic E-state index is 12.7. The predicted octanol–water partition coefficient (Wildman–Crippen LogP) is 1.04. The van der Waals surface area contributed by atoms with Gasteiger partial charge in [-0.05, 0) is 43.4 Å². The molecule has 1 amide bonds. The zero-order valence-electron chi connectivity index (χ0n) is 10.1. The molecule has 0 heterocycles. The molecule has 98 valence electrons. The van der Waals surface area contributed by atoms with Gasteiger partial charge in [-0.1, -0.05) is 0 Å². The van der Waals surface area contributed by atoms with E-state index < -0.39 is 0 Å². The normalized spacial score (nSPS) is 9.67. The average Bonchev–Trinajstić information content (AvgIpc) is 2.35. The van der Waals surface area contributed by atoms with Crippen molar-refractivity contribution in [3.8, 4) is 0 Å². The Morgan fingerprint density at radius 3 is 2.39 bits per heavy atom. The molecule has 6 heteroatoms. The summed E-state index contributed by atoms with van der Waals surface area (Å²) in [4.78, 5) is 11.6. The van der Waals surface area contributed by atoms with Gasteiger partial charge in [-0.15, -0.1) is 0 Å². The van der Waals surface area contributed by atoms with E-state index in [1.165, 1.54) is 24.3 Å². The van der Waals surface area contributed by atoms with Gasteiger partial charge in [0, 0.05) is 25.2 Å². The number of hydrogen-bond donors (Lipinski definition) is 3. The van der Waals surface area contributed by atoms with E-state index in [1.807, 2.05) is 6.92 Å². The van der Waals surface area contributed by atoms with Crippen LogP contribution in [0.3, 0.4) is 0 Å². The molecule has 4 nitrogen and oxygen atoms in total. The van der Waals surface area contributed by atoms with Crippen LogP contribution in [-0.4, -0.2) is 30.7 Å². The molecule has 0 aliphatic heterocycles. The Bertz CT molecular complexity index is 408. The zero-order valence-corrected chi connectivity index (χ0v) is 10.9. The number of carbonyl (C=O) groups excluding carboxylic acids is 1. The minimum Gasteiger partial charge on any atom is -0.363 e. The van der Waals surface area contributed by atoms with E-state index in [9.17, 15) is 9.18 Å². The van der Waals surface area contributed by atoms with Crippen molar-refractivity contribution in [1.29, 1.82) is 0 Å². The number of nitrogens with one attached hydrogen (secondary N) is 3. The summed E-state index contributed by atoms with van der Waals surface area (Å²) in [6, 6.07) is 5.41. The van der Waals surface area contributed by atoms with Crippen LogP contribution < -0.4 is 16.0 Å². The summed E-state index contributed by atoms with van der Waals surface area (Å²) in [5, 5.41) is 9.15. The third-order valence-electron chi connectivity index (χ3n) is 2.14. The van der Waals surface area contributed by atoms with E-state index >= 15 is 0 Å². The highest BCUT2D eigenvalue weighted by molar-refractivity contribution is 7.80. The summed E-state index contributed by atoms with van der Waals surface area (Å²) in [7, 11) is 0. The average molecular weight is 269 g/mol. The quantitative estimate of drug-likeness (QED) is 0.552. The molecule has 0 radical (unpaired) electrons. The van der Waals surface area contributed by atoms with E-state index in [0.717, 1.165) is 6.54 Å². The fraction of sp³-hybridized carbons (Fsp3) is 0.333. The molecule has 1 rings (SSSR count). The smallest absolute Gasteiger partial charge is 0.251 e. The summed E-state index contributed by atoms with van der Waals surface area (Å²) < 4.78 is 12.7. The van der Waals surface area contributed by atoms with Crippen molar-refractivity contribution in [3.05, 3.63) is 35.6 Å². The second kappa shape index (κ2) is 7.60. The topological polar surface area (TPSA) is 53.2 Å². The summed E-state index contributed by atoms with van der Waals surface area (Å²) in [5.41, 5.74) is 0.436. The number of thiocarbonyl (C=S) groups is 1. The van der Waals surface area contributed by atoms with Crippen molar-refractivity contribution in [2.75, 3.05) is 19.6 Å². The lowest BCUT2D eigenvalue weighted by Crippen LogP contribution is -2.39. The van der Waals surface area contributed by atoms with Gasteiger partial charge in [0.05, 0.1) is 0 Å². The molecule has 3 N–H and O–H groups in total. The monoisotopic (exact) mass is 269 g/mol. The Balaban J connectivity index is 2.25. The molecule has 0 saturated carbocycles. The predicted molar refractivity (Wildman–Crippen MR) is 73.0 cm³/mol. The van der Waals surface area contributed by atoms with Crippen LogP contribution in [0.4, 0.5) is 4.39 Å². The van der Waals surface area contributed by atoms with Gasteiger partial charge in [0.2, 0.25) is 0 Å². The van der Waals surface area contributed by atoms with Crippen LogP contribution in [0.25, 0.3) is 0 Å². The maximum absolute atomic E-state index is 12.7. The van der Waals surface area contributed by atoms with Crippen molar-refractivity contribution >= 4 is 23.2 Å². The molecule has 0 fully saturated rings. The van der Waals surface area contributed by atoms with Crippen molar-refractivity contribution in [2.24, 2.45) is 0 Å². The molecule has 1 aromatic carbocycles. The third kappa shape index (κ3) is 5.09. The molecule has 0 spiro atoms. The van der Waals surface area contributed by atoms with Crippen molar-refractivity contribution in [2.45, 2.75) is 6.92 Å². The van der Waals surface area contributed by atoms with Gasteiger partial charge in [-0.25, -0.2) is 4.39 Å². The number of benzene rings is 1. The first-order valence-electron chi connectivity index (χ1n) is 5.69. The second-order valence-corrected chi connectivity index (χ2v) is 3.96. The summed E-state index contributed by atoms with van der Waals surface area (Å²) in [6.07, 6.45) is 0. The van der Waals surface area contributed by atoms with E-state index in [-0.39, 0.29) is 11.7 Å². The van der Waals surface area contributed by atoms with E-state index in [0.29, 0.717) is 23.8 Å². The van der Waals surface area contributed by atoms with E-state index in [2.05, 4.69) is 16.0 Å². The van der Waals surface area contributed by atoms with Crippen LogP contribution in [-0.2, 0) is 0 Å². The van der Waals surface area contributed by atoms with Crippen LogP contribution in [0.15, 0.2) is 24.3 Å². The Hall–Kier alpha value is -1.69. The molecule has 0 aliphatic rings. The number of halogens is 1. The Morgan fingerprint density at radius 1 is 1.17 bits per heavy atom. The number of rotatable bonds is 5. The highest BCUT2D eigenvalue weighted by Crippen LogP contribution is 2.01. The molecular formula is C12H16FN3OS. The fourth-order valence-electron chi connectivity index (χ4n) is 1.28. The Kier molecular flexibility index (Phi) is 6.07. The van der Waals surface area contributed by atoms with Crippen molar-refractivity contribution in [3.63, 3.8) is 0 Å². The lowest BCUT2D eigenvalue weighted by molar-refractivity contribution is 0.0954. The minimum absolute atomic E-state index is 0.230. The summed E-state index contributed by atoms with van der Waals surface area (Å²) in [5.74, 6) is -0.588. The fourth-order valence-corrected chi connectivity index (χ4v) is 1.52. The minimum atomic E-state index is -0.357. The molecule has 18 heavy (non-hydrogen) atoms. The summed E-state index contributed by atoms with van der Waals surface area (Å²) >= 11 is 4.96. The maximum Gasteiger partial charge on any atom is 0.251 e. The first kappa shape index (κ1) is 14.4. The van der Waals surface area contributed by atoms with Gasteiger partial charge in [0.1, 0.15) is 5.82 Å². The summed E-state index contributed by atoms with van der Waals surface area (Å²) in [6.45, 7) is 3.69. The molecule has 0 unspecified atom stereocenters. The standard InChI is InChI=1S/C12H16FN3OS/c1-2-14-12(18)16-8-7-15-11(17)9-3-5-10(13)6-4-9/h3-6H,2,7-8H2,1H3,(H,15,17)(H2,14,16,18). The molecule has 1 aromatic rings. The van der Waals surface area contributed by atoms with Gasteiger partial charge in [-0.2, -0.15) is 0 Å². The first-order chi connectivity index (χ1) is 8.63. The molecule has 0 bridgehead atoms. The van der Waals surface area contributed by atoms with Crippen LogP contribution in [0.2, 0.25) is 0 Å². The third-order valence-corrected chi connectivity index (χ3v) is 2.43. The second-order valence-electron chi connectivity index (χ2n) is 3.55. The highest BCUT2D eigenvalue weighted by Gasteiger charge is 2.04. The van der Waals surface area contributed by atoms with E-state index in [4.69, 9.17) is 12.2 Å². The molecule has 0 aliphatic carbocycles. The molecule has 0 saturated heterocycles. The van der Waals surface area contributed by atoms with Crippen LogP contribution in [0.1, 0.15) is 17.3 Å². The van der Waals surface area contributed by atoms with E-state index in [1.54, 1.807) is 0 Å². The van der Waals surface area contributed by atoms with Gasteiger partial charge >= 0.3 is 0 Å². The number of carbonyl (C=O) groups is 1. The van der Waals surface area contributed by atoms with Gasteiger partial charge in [0.25, 0.3) is 5.91 Å². The van der Waals surface area contributed by atoms with Gasteiger partial charge in [0.15, 0.2) is 5.11 Å². The zero-order chi connectivity index (χ0) is 13.4. The largest absolute Gasteiger partial charge is 0.363 e.